The maximum Gasteiger partial charge on any atom is 0.323 e. The van der Waals surface area contributed by atoms with Gasteiger partial charge >= 0.3 is 5.97 Å². The van der Waals surface area contributed by atoms with Gasteiger partial charge in [0.05, 0.1) is 0 Å². The van der Waals surface area contributed by atoms with E-state index in [4.69, 9.17) is 10.8 Å². The number of carboxylic acids is 1. The van der Waals surface area contributed by atoms with E-state index in [1.54, 1.807) is 6.92 Å². The van der Waals surface area contributed by atoms with Crippen molar-refractivity contribution in [3.63, 3.8) is 0 Å². The van der Waals surface area contributed by atoms with E-state index in [-0.39, 0.29) is 0 Å². The summed E-state index contributed by atoms with van der Waals surface area (Å²) in [5, 5.41) is 8.96. The van der Waals surface area contributed by atoms with Gasteiger partial charge in [-0.05, 0) is 38.1 Å². The number of aliphatic carboxylic acids is 1. The van der Waals surface area contributed by atoms with Crippen molar-refractivity contribution in [2.75, 3.05) is 19.6 Å². The van der Waals surface area contributed by atoms with Crippen LogP contribution in [0.15, 0.2) is 0 Å². The van der Waals surface area contributed by atoms with Crippen molar-refractivity contribution in [2.45, 2.75) is 53.0 Å². The van der Waals surface area contributed by atoms with E-state index in [1.807, 2.05) is 0 Å². The third kappa shape index (κ3) is 7.67. The minimum absolute atomic E-state index is 0.523. The normalized spacial score (nSPS) is 15.4. The molecule has 0 aromatic heterocycles. The summed E-state index contributed by atoms with van der Waals surface area (Å²) in [5.74, 6) is 0.349. The zero-order valence-electron chi connectivity index (χ0n) is 12.6. The summed E-state index contributed by atoms with van der Waals surface area (Å²) < 4.78 is 0. The minimum atomic E-state index is -1.10. The first kappa shape index (κ1) is 17.4. The van der Waals surface area contributed by atoms with Crippen molar-refractivity contribution < 1.29 is 9.90 Å². The maximum atomic E-state index is 10.9. The molecule has 18 heavy (non-hydrogen) atoms. The molecule has 3 N–H and O–H groups in total. The molecule has 0 rings (SSSR count). The van der Waals surface area contributed by atoms with Gasteiger partial charge in [-0.3, -0.25) is 4.79 Å². The number of carboxylic acid groups (broad SMARTS) is 1. The smallest absolute Gasteiger partial charge is 0.323 e. The Morgan fingerprint density at radius 3 is 2.00 bits per heavy atom. The van der Waals surface area contributed by atoms with Gasteiger partial charge in [-0.2, -0.15) is 0 Å². The van der Waals surface area contributed by atoms with E-state index in [2.05, 4.69) is 32.6 Å². The Hall–Kier alpha value is -0.610. The number of carbonyl (C=O) groups is 1. The quantitative estimate of drug-likeness (QED) is 0.665. The second-order valence-electron chi connectivity index (χ2n) is 6.37. The lowest BCUT2D eigenvalue weighted by Crippen LogP contribution is -2.45. The molecule has 0 aliphatic rings. The van der Waals surface area contributed by atoms with Gasteiger partial charge in [0.25, 0.3) is 0 Å². The number of nitrogens with zero attached hydrogens (tertiary/aromatic N) is 1. The average Bonchev–Trinajstić information content (AvgIpc) is 2.14. The summed E-state index contributed by atoms with van der Waals surface area (Å²) in [4.78, 5) is 13.3. The summed E-state index contributed by atoms with van der Waals surface area (Å²) in [5.41, 5.74) is 4.63. The van der Waals surface area contributed by atoms with Crippen molar-refractivity contribution in [1.82, 2.24) is 4.90 Å². The molecule has 0 amide bonds. The molecular formula is C14H30N2O2. The van der Waals surface area contributed by atoms with Gasteiger partial charge in [0.1, 0.15) is 5.54 Å². The van der Waals surface area contributed by atoms with Crippen LogP contribution in [0.1, 0.15) is 47.5 Å². The van der Waals surface area contributed by atoms with E-state index in [9.17, 15) is 4.79 Å². The van der Waals surface area contributed by atoms with Gasteiger partial charge < -0.3 is 15.7 Å². The molecule has 0 aromatic rings. The molecule has 0 aliphatic carbocycles. The lowest BCUT2D eigenvalue weighted by Gasteiger charge is -2.27. The monoisotopic (exact) mass is 258 g/mol. The van der Waals surface area contributed by atoms with Gasteiger partial charge in [0.2, 0.25) is 0 Å². The van der Waals surface area contributed by atoms with E-state index < -0.39 is 11.5 Å². The summed E-state index contributed by atoms with van der Waals surface area (Å²) in [7, 11) is 0. The second-order valence-corrected chi connectivity index (χ2v) is 6.37. The van der Waals surface area contributed by atoms with E-state index >= 15 is 0 Å². The number of nitrogens with two attached hydrogens (primary N) is 1. The van der Waals surface area contributed by atoms with Crippen molar-refractivity contribution in [1.29, 1.82) is 0 Å². The van der Waals surface area contributed by atoms with Crippen LogP contribution in [0.3, 0.4) is 0 Å². The zero-order valence-corrected chi connectivity index (χ0v) is 12.6. The van der Waals surface area contributed by atoms with Crippen LogP contribution in [0, 0.1) is 11.8 Å². The molecule has 0 aliphatic heterocycles. The van der Waals surface area contributed by atoms with E-state index in [0.717, 1.165) is 26.1 Å². The van der Waals surface area contributed by atoms with Gasteiger partial charge in [-0.1, -0.05) is 27.7 Å². The van der Waals surface area contributed by atoms with Crippen LogP contribution in [0.5, 0.6) is 0 Å². The van der Waals surface area contributed by atoms with Crippen LogP contribution in [0.4, 0.5) is 0 Å². The number of hydrogen-bond donors (Lipinski definition) is 2. The van der Waals surface area contributed by atoms with Crippen molar-refractivity contribution in [3.8, 4) is 0 Å². The summed E-state index contributed by atoms with van der Waals surface area (Å²) in [6.07, 6.45) is 1.35. The predicted octanol–water partition coefficient (Wildman–Crippen LogP) is 2.18. The Morgan fingerprint density at radius 1 is 1.22 bits per heavy atom. The first-order chi connectivity index (χ1) is 8.15. The Kier molecular flexibility index (Phi) is 7.48. The molecule has 1 unspecified atom stereocenters. The molecule has 108 valence electrons. The van der Waals surface area contributed by atoms with Crippen molar-refractivity contribution in [2.24, 2.45) is 17.6 Å². The van der Waals surface area contributed by atoms with Gasteiger partial charge in [0, 0.05) is 13.1 Å². The van der Waals surface area contributed by atoms with Crippen LogP contribution in [-0.2, 0) is 4.79 Å². The Balaban J connectivity index is 4.14. The third-order valence-electron chi connectivity index (χ3n) is 2.91. The molecule has 4 nitrogen and oxygen atoms in total. The standard InChI is InChI=1S/C14H30N2O2/c1-11(2)9-16(10-12(3)4)8-6-7-14(5,15)13(17)18/h11-12H,6-10,15H2,1-5H3,(H,17,18). The molecular weight excluding hydrogens is 228 g/mol. The van der Waals surface area contributed by atoms with Gasteiger partial charge in [-0.15, -0.1) is 0 Å². The molecule has 0 spiro atoms. The van der Waals surface area contributed by atoms with Crippen LogP contribution in [-0.4, -0.2) is 41.1 Å². The molecule has 0 saturated carbocycles. The number of hydrogen-bond acceptors (Lipinski definition) is 3. The van der Waals surface area contributed by atoms with Crippen LogP contribution >= 0.6 is 0 Å². The lowest BCUT2D eigenvalue weighted by molar-refractivity contribution is -0.142. The van der Waals surface area contributed by atoms with Gasteiger partial charge in [0.15, 0.2) is 0 Å². The Morgan fingerprint density at radius 2 is 1.67 bits per heavy atom. The largest absolute Gasteiger partial charge is 0.480 e. The fraction of sp³-hybridized carbons (Fsp3) is 0.929. The molecule has 4 heteroatoms. The molecule has 0 bridgehead atoms. The first-order valence-electron chi connectivity index (χ1n) is 6.89. The van der Waals surface area contributed by atoms with Crippen LogP contribution in [0.2, 0.25) is 0 Å². The van der Waals surface area contributed by atoms with Crippen LogP contribution < -0.4 is 5.73 Å². The highest BCUT2D eigenvalue weighted by Gasteiger charge is 2.27. The maximum absolute atomic E-state index is 10.9. The SMILES string of the molecule is CC(C)CN(CCCC(C)(N)C(=O)O)CC(C)C. The Bertz CT molecular complexity index is 240. The minimum Gasteiger partial charge on any atom is -0.480 e. The first-order valence-corrected chi connectivity index (χ1v) is 6.89. The molecule has 0 radical (unpaired) electrons. The van der Waals surface area contributed by atoms with Gasteiger partial charge in [-0.25, -0.2) is 0 Å². The number of rotatable bonds is 9. The third-order valence-corrected chi connectivity index (χ3v) is 2.91. The molecule has 0 fully saturated rings. The highest BCUT2D eigenvalue weighted by atomic mass is 16.4. The zero-order chi connectivity index (χ0) is 14.3. The highest BCUT2D eigenvalue weighted by Crippen LogP contribution is 2.11. The molecule has 0 saturated heterocycles. The summed E-state index contributed by atoms with van der Waals surface area (Å²) in [6, 6.07) is 0. The predicted molar refractivity (Wildman–Crippen MR) is 75.6 cm³/mol. The average molecular weight is 258 g/mol. The van der Waals surface area contributed by atoms with E-state index in [0.29, 0.717) is 18.3 Å². The fourth-order valence-electron chi connectivity index (χ4n) is 2.07. The van der Waals surface area contributed by atoms with Crippen molar-refractivity contribution >= 4 is 5.97 Å². The fourth-order valence-corrected chi connectivity index (χ4v) is 2.07. The summed E-state index contributed by atoms with van der Waals surface area (Å²) >= 11 is 0. The van der Waals surface area contributed by atoms with E-state index in [1.165, 1.54) is 0 Å². The van der Waals surface area contributed by atoms with Crippen molar-refractivity contribution in [3.05, 3.63) is 0 Å². The molecule has 1 atom stereocenters. The topological polar surface area (TPSA) is 66.6 Å². The lowest BCUT2D eigenvalue weighted by atomic mass is 9.97. The second kappa shape index (κ2) is 7.74. The van der Waals surface area contributed by atoms with Crippen LogP contribution in [0.25, 0.3) is 0 Å². The Labute approximate surface area is 112 Å². The molecule has 0 heterocycles. The molecule has 0 aromatic carbocycles. The summed E-state index contributed by atoms with van der Waals surface area (Å²) in [6.45, 7) is 13.5. The highest BCUT2D eigenvalue weighted by molar-refractivity contribution is 5.77.